The van der Waals surface area contributed by atoms with Gasteiger partial charge in [-0.05, 0) is 24.3 Å². The second-order valence-corrected chi connectivity index (χ2v) is 3.82. The van der Waals surface area contributed by atoms with E-state index in [2.05, 4.69) is 4.98 Å². The van der Waals surface area contributed by atoms with Crippen LogP contribution in [-0.4, -0.2) is 16.1 Å². The summed E-state index contributed by atoms with van der Waals surface area (Å²) in [5.74, 6) is -1.10. The van der Waals surface area contributed by atoms with Gasteiger partial charge in [0, 0.05) is 11.8 Å². The topological polar surface area (TPSA) is 50.2 Å². The molecule has 2 aromatic rings. The van der Waals surface area contributed by atoms with Gasteiger partial charge in [-0.25, -0.2) is 4.79 Å². The molecule has 0 saturated carbocycles. The molecule has 0 aliphatic carbocycles. The number of hydrogen-bond acceptors (Lipinski definition) is 2. The highest BCUT2D eigenvalue weighted by atomic mass is 19.4. The quantitative estimate of drug-likeness (QED) is 0.906. The lowest BCUT2D eigenvalue weighted by molar-refractivity contribution is -0.137. The van der Waals surface area contributed by atoms with Crippen LogP contribution in [0.15, 0.2) is 42.6 Å². The average molecular weight is 267 g/mol. The summed E-state index contributed by atoms with van der Waals surface area (Å²) in [5.41, 5.74) is -0.0467. The minimum absolute atomic E-state index is 0.0548. The molecular formula is C13H8F3NO2. The van der Waals surface area contributed by atoms with E-state index in [-0.39, 0.29) is 11.3 Å². The highest BCUT2D eigenvalue weighted by molar-refractivity contribution is 5.89. The molecule has 0 aliphatic heterocycles. The molecule has 0 amide bonds. The smallest absolute Gasteiger partial charge is 0.417 e. The van der Waals surface area contributed by atoms with Gasteiger partial charge in [0.2, 0.25) is 0 Å². The van der Waals surface area contributed by atoms with Crippen LogP contribution >= 0.6 is 0 Å². The first-order valence-electron chi connectivity index (χ1n) is 5.25. The Labute approximate surface area is 106 Å². The summed E-state index contributed by atoms with van der Waals surface area (Å²) >= 11 is 0. The van der Waals surface area contributed by atoms with Crippen molar-refractivity contribution < 1.29 is 23.1 Å². The van der Waals surface area contributed by atoms with Crippen LogP contribution in [0.1, 0.15) is 15.9 Å². The lowest BCUT2D eigenvalue weighted by Crippen LogP contribution is -2.05. The second kappa shape index (κ2) is 4.72. The van der Waals surface area contributed by atoms with E-state index in [0.29, 0.717) is 5.56 Å². The molecule has 0 bridgehead atoms. The number of aromatic nitrogens is 1. The molecule has 1 aromatic carbocycles. The van der Waals surface area contributed by atoms with Gasteiger partial charge in [0.25, 0.3) is 0 Å². The Morgan fingerprint density at radius 1 is 1.16 bits per heavy atom. The molecule has 1 heterocycles. The fourth-order valence-electron chi connectivity index (χ4n) is 1.54. The van der Waals surface area contributed by atoms with E-state index in [1.807, 2.05) is 0 Å². The van der Waals surface area contributed by atoms with Crippen molar-refractivity contribution in [1.82, 2.24) is 4.98 Å². The number of carbonyl (C=O) groups is 1. The first-order valence-corrected chi connectivity index (χ1v) is 5.25. The minimum atomic E-state index is -4.44. The predicted molar refractivity (Wildman–Crippen MR) is 61.6 cm³/mol. The van der Waals surface area contributed by atoms with E-state index in [4.69, 9.17) is 5.11 Å². The zero-order chi connectivity index (χ0) is 14.0. The van der Waals surface area contributed by atoms with Crippen molar-refractivity contribution in [2.75, 3.05) is 0 Å². The van der Waals surface area contributed by atoms with Crippen LogP contribution in [-0.2, 0) is 6.18 Å². The molecular weight excluding hydrogens is 259 g/mol. The third-order valence-electron chi connectivity index (χ3n) is 2.50. The highest BCUT2D eigenvalue weighted by Gasteiger charge is 2.30. The molecule has 1 N–H and O–H groups in total. The Balaban J connectivity index is 2.37. The highest BCUT2D eigenvalue weighted by Crippen LogP contribution is 2.29. The zero-order valence-electron chi connectivity index (χ0n) is 9.48. The molecule has 1 aromatic heterocycles. The van der Waals surface area contributed by atoms with Crippen LogP contribution in [0.5, 0.6) is 0 Å². The Hall–Kier alpha value is -2.37. The summed E-state index contributed by atoms with van der Waals surface area (Å²) in [4.78, 5) is 14.5. The van der Waals surface area contributed by atoms with E-state index in [9.17, 15) is 18.0 Å². The van der Waals surface area contributed by atoms with Crippen LogP contribution in [0.4, 0.5) is 13.2 Å². The van der Waals surface area contributed by atoms with Gasteiger partial charge >= 0.3 is 12.1 Å². The van der Waals surface area contributed by atoms with Crippen molar-refractivity contribution in [1.29, 1.82) is 0 Å². The number of hydrogen-bond donors (Lipinski definition) is 1. The van der Waals surface area contributed by atoms with Crippen LogP contribution in [0.2, 0.25) is 0 Å². The summed E-state index contributed by atoms with van der Waals surface area (Å²) < 4.78 is 37.1. The molecule has 0 saturated heterocycles. The van der Waals surface area contributed by atoms with E-state index in [1.54, 1.807) is 6.07 Å². The maximum absolute atomic E-state index is 12.4. The first kappa shape index (κ1) is 13.1. The largest absolute Gasteiger partial charge is 0.478 e. The van der Waals surface area contributed by atoms with Crippen LogP contribution in [0, 0.1) is 0 Å². The van der Waals surface area contributed by atoms with E-state index in [0.717, 1.165) is 12.3 Å². The normalized spacial score (nSPS) is 11.3. The van der Waals surface area contributed by atoms with Gasteiger partial charge in [-0.15, -0.1) is 0 Å². The van der Waals surface area contributed by atoms with Gasteiger partial charge in [-0.2, -0.15) is 13.2 Å². The Bertz CT molecular complexity index is 606. The number of nitrogens with zero attached hydrogens (tertiary/aromatic N) is 1. The number of carboxylic acids is 1. The van der Waals surface area contributed by atoms with Crippen LogP contribution in [0.3, 0.4) is 0 Å². The average Bonchev–Trinajstić information content (AvgIpc) is 2.38. The summed E-state index contributed by atoms with van der Waals surface area (Å²) in [5, 5.41) is 8.84. The molecule has 98 valence electrons. The van der Waals surface area contributed by atoms with E-state index >= 15 is 0 Å². The maximum atomic E-state index is 12.4. The molecule has 0 aliphatic rings. The van der Waals surface area contributed by atoms with Gasteiger partial charge in [0.1, 0.15) is 0 Å². The molecule has 0 radical (unpaired) electrons. The van der Waals surface area contributed by atoms with Crippen molar-refractivity contribution in [3.05, 3.63) is 53.7 Å². The van der Waals surface area contributed by atoms with Crippen molar-refractivity contribution in [3.8, 4) is 11.3 Å². The van der Waals surface area contributed by atoms with Gasteiger partial charge in [0.15, 0.2) is 0 Å². The van der Waals surface area contributed by atoms with Gasteiger partial charge in [0.05, 0.1) is 16.8 Å². The first-order chi connectivity index (χ1) is 8.88. The molecule has 0 unspecified atom stereocenters. The summed E-state index contributed by atoms with van der Waals surface area (Å²) in [7, 11) is 0. The Morgan fingerprint density at radius 3 is 2.42 bits per heavy atom. The Morgan fingerprint density at radius 2 is 1.89 bits per heavy atom. The molecule has 3 nitrogen and oxygen atoms in total. The monoisotopic (exact) mass is 267 g/mol. The third-order valence-corrected chi connectivity index (χ3v) is 2.50. The maximum Gasteiger partial charge on any atom is 0.417 e. The Kier molecular flexibility index (Phi) is 3.25. The number of carboxylic acid groups (broad SMARTS) is 1. The number of benzene rings is 1. The van der Waals surface area contributed by atoms with E-state index < -0.39 is 17.7 Å². The standard InChI is InChI=1S/C13H8F3NO2/c14-13(15,16)10-4-5-11(17-7-10)8-2-1-3-9(6-8)12(18)19/h1-7H,(H,18,19). The van der Waals surface area contributed by atoms with E-state index in [1.165, 1.54) is 24.3 Å². The number of rotatable bonds is 2. The molecule has 0 fully saturated rings. The summed E-state index contributed by atoms with van der Waals surface area (Å²) in [6.07, 6.45) is -3.71. The molecule has 0 spiro atoms. The third kappa shape index (κ3) is 2.90. The minimum Gasteiger partial charge on any atom is -0.478 e. The fourth-order valence-corrected chi connectivity index (χ4v) is 1.54. The van der Waals surface area contributed by atoms with Gasteiger partial charge < -0.3 is 5.11 Å². The van der Waals surface area contributed by atoms with Crippen LogP contribution in [0.25, 0.3) is 11.3 Å². The molecule has 6 heteroatoms. The molecule has 19 heavy (non-hydrogen) atoms. The second-order valence-electron chi connectivity index (χ2n) is 3.82. The van der Waals surface area contributed by atoms with Crippen molar-refractivity contribution in [3.63, 3.8) is 0 Å². The SMILES string of the molecule is O=C(O)c1cccc(-c2ccc(C(F)(F)F)cn2)c1. The number of aromatic carboxylic acids is 1. The molecule has 0 atom stereocenters. The lowest BCUT2D eigenvalue weighted by atomic mass is 10.1. The zero-order valence-corrected chi connectivity index (χ0v) is 9.48. The lowest BCUT2D eigenvalue weighted by Gasteiger charge is -2.07. The number of alkyl halides is 3. The predicted octanol–water partition coefficient (Wildman–Crippen LogP) is 3.47. The van der Waals surface area contributed by atoms with Crippen molar-refractivity contribution in [2.45, 2.75) is 6.18 Å². The summed E-state index contributed by atoms with van der Waals surface area (Å²) in [6.45, 7) is 0. The van der Waals surface area contributed by atoms with Crippen molar-refractivity contribution >= 4 is 5.97 Å². The number of pyridine rings is 1. The fraction of sp³-hybridized carbons (Fsp3) is 0.0769. The van der Waals surface area contributed by atoms with Crippen LogP contribution < -0.4 is 0 Å². The summed E-state index contributed by atoms with van der Waals surface area (Å²) in [6, 6.07) is 7.98. The number of halogens is 3. The molecule has 2 rings (SSSR count). The van der Waals surface area contributed by atoms with Crippen molar-refractivity contribution in [2.24, 2.45) is 0 Å². The van der Waals surface area contributed by atoms with Gasteiger partial charge in [-0.1, -0.05) is 12.1 Å². The van der Waals surface area contributed by atoms with Gasteiger partial charge in [-0.3, -0.25) is 4.98 Å².